The van der Waals surface area contributed by atoms with Crippen molar-refractivity contribution in [2.45, 2.75) is 38.5 Å². The van der Waals surface area contributed by atoms with Gasteiger partial charge in [-0.25, -0.2) is 19.6 Å². The Labute approximate surface area is 255 Å². The number of benzene rings is 1. The molecule has 0 spiro atoms. The second kappa shape index (κ2) is 13.6. The summed E-state index contributed by atoms with van der Waals surface area (Å²) in [6.45, 7) is 7.94. The van der Waals surface area contributed by atoms with E-state index in [2.05, 4.69) is 46.7 Å². The van der Waals surface area contributed by atoms with Crippen LogP contribution in [-0.2, 0) is 11.3 Å². The number of aromatic nitrogens is 7. The summed E-state index contributed by atoms with van der Waals surface area (Å²) in [6, 6.07) is 10.1. The van der Waals surface area contributed by atoms with Crippen LogP contribution in [0.1, 0.15) is 25.3 Å². The Kier molecular flexibility index (Phi) is 9.04. The average Bonchev–Trinajstić information content (AvgIpc) is 3.58. The van der Waals surface area contributed by atoms with Crippen molar-refractivity contribution in [2.75, 3.05) is 56.7 Å². The molecule has 4 aromatic rings. The van der Waals surface area contributed by atoms with Gasteiger partial charge in [-0.1, -0.05) is 6.07 Å². The van der Waals surface area contributed by atoms with E-state index in [1.54, 1.807) is 36.4 Å². The quantitative estimate of drug-likeness (QED) is 0.285. The van der Waals surface area contributed by atoms with Gasteiger partial charge in [-0.15, -0.1) is 5.10 Å². The molecule has 2 aliphatic heterocycles. The summed E-state index contributed by atoms with van der Waals surface area (Å²) in [7, 11) is 1.65. The third-order valence-electron chi connectivity index (χ3n) is 7.92. The number of methoxy groups -OCH3 is 1. The van der Waals surface area contributed by atoms with Gasteiger partial charge in [-0.3, -0.25) is 4.90 Å². The van der Waals surface area contributed by atoms with E-state index in [0.29, 0.717) is 41.3 Å². The van der Waals surface area contributed by atoms with Gasteiger partial charge in [0.25, 0.3) is 0 Å². The number of tetrazole rings is 1. The summed E-state index contributed by atoms with van der Waals surface area (Å²) in [5.41, 5.74) is 2.71. The molecule has 1 N–H and O–H groups in total. The summed E-state index contributed by atoms with van der Waals surface area (Å²) in [6.07, 6.45) is 8.68. The zero-order valence-electron chi connectivity index (χ0n) is 24.8. The highest BCUT2D eigenvalue weighted by atomic mass is 16.5. The Balaban J connectivity index is 1.10. The van der Waals surface area contributed by atoms with Crippen molar-refractivity contribution >= 4 is 17.5 Å². The first-order valence-electron chi connectivity index (χ1n) is 14.7. The molecule has 2 fully saturated rings. The van der Waals surface area contributed by atoms with Crippen molar-refractivity contribution in [3.05, 3.63) is 54.7 Å². The van der Waals surface area contributed by atoms with E-state index in [4.69, 9.17) is 19.2 Å². The number of anilines is 3. The second-order valence-electron chi connectivity index (χ2n) is 10.8. The molecule has 14 heteroatoms. The lowest BCUT2D eigenvalue weighted by Crippen LogP contribution is -2.49. The highest BCUT2D eigenvalue weighted by Crippen LogP contribution is 2.32. The van der Waals surface area contributed by atoms with Gasteiger partial charge in [0.2, 0.25) is 5.95 Å². The number of hydrogen-bond acceptors (Lipinski definition) is 13. The molecular formula is C30H35N11O3. The topological polar surface area (TPSA) is 152 Å². The smallest absolute Gasteiger partial charge is 0.227 e. The maximum absolute atomic E-state index is 9.60. The molecule has 0 radical (unpaired) electrons. The summed E-state index contributed by atoms with van der Waals surface area (Å²) in [4.78, 5) is 18.6. The van der Waals surface area contributed by atoms with Crippen LogP contribution in [0.3, 0.4) is 0 Å². The molecule has 5 heterocycles. The Morgan fingerprint density at radius 1 is 1.02 bits per heavy atom. The molecule has 1 unspecified atom stereocenters. The van der Waals surface area contributed by atoms with Crippen LogP contribution >= 0.6 is 0 Å². The van der Waals surface area contributed by atoms with E-state index in [-0.39, 0.29) is 6.10 Å². The molecule has 6 rings (SSSR count). The fraction of sp³-hybridized carbons (Fsp3) is 0.433. The van der Waals surface area contributed by atoms with Crippen molar-refractivity contribution in [3.63, 3.8) is 0 Å². The highest BCUT2D eigenvalue weighted by molar-refractivity contribution is 5.68. The predicted molar refractivity (Wildman–Crippen MR) is 162 cm³/mol. The van der Waals surface area contributed by atoms with Crippen LogP contribution in [0.15, 0.2) is 49.2 Å². The lowest BCUT2D eigenvalue weighted by Gasteiger charge is -2.40. The molecule has 2 aliphatic rings. The third-order valence-corrected chi connectivity index (χ3v) is 7.92. The Bertz CT molecular complexity index is 1560. The molecule has 2 saturated heterocycles. The summed E-state index contributed by atoms with van der Waals surface area (Å²) < 4.78 is 18.9. The SMILES string of the molecule is COc1cc(N2CCC(N3CCOCC3)CC2)ncc1Nc1ncc(-c2ccc(C#N)c(OC(C)Cn3cnnn3)c2)cn1. The lowest BCUT2D eigenvalue weighted by molar-refractivity contribution is 0.0115. The number of pyridine rings is 1. The van der Waals surface area contributed by atoms with E-state index >= 15 is 0 Å². The van der Waals surface area contributed by atoms with Crippen molar-refractivity contribution in [2.24, 2.45) is 0 Å². The van der Waals surface area contributed by atoms with Gasteiger partial charge in [0.05, 0.1) is 38.6 Å². The number of ether oxygens (including phenoxy) is 3. The molecule has 0 amide bonds. The van der Waals surface area contributed by atoms with Crippen LogP contribution in [0.2, 0.25) is 0 Å². The summed E-state index contributed by atoms with van der Waals surface area (Å²) >= 11 is 0. The number of nitrogens with zero attached hydrogens (tertiary/aromatic N) is 10. The number of nitriles is 1. The molecule has 228 valence electrons. The number of piperidine rings is 1. The molecule has 0 bridgehead atoms. The second-order valence-corrected chi connectivity index (χ2v) is 10.8. The van der Waals surface area contributed by atoms with Gasteiger partial charge in [-0.05, 0) is 47.9 Å². The minimum absolute atomic E-state index is 0.263. The molecule has 0 saturated carbocycles. The van der Waals surface area contributed by atoms with Crippen LogP contribution in [0, 0.1) is 11.3 Å². The largest absolute Gasteiger partial charge is 0.494 e. The maximum atomic E-state index is 9.60. The van der Waals surface area contributed by atoms with Gasteiger partial charge in [-0.2, -0.15) is 5.26 Å². The number of hydrogen-bond donors (Lipinski definition) is 1. The van der Waals surface area contributed by atoms with E-state index in [1.165, 1.54) is 6.33 Å². The molecule has 14 nitrogen and oxygen atoms in total. The third kappa shape index (κ3) is 6.85. The zero-order valence-corrected chi connectivity index (χ0v) is 24.8. The van der Waals surface area contributed by atoms with Crippen molar-refractivity contribution in [3.8, 4) is 28.7 Å². The van der Waals surface area contributed by atoms with E-state index in [1.807, 2.05) is 25.1 Å². The Hall–Kier alpha value is -4.87. The number of rotatable bonds is 10. The van der Waals surface area contributed by atoms with E-state index in [0.717, 1.165) is 69.2 Å². The fourth-order valence-electron chi connectivity index (χ4n) is 5.60. The predicted octanol–water partition coefficient (Wildman–Crippen LogP) is 2.92. The number of morpholine rings is 1. The first kappa shape index (κ1) is 29.2. The van der Waals surface area contributed by atoms with E-state index < -0.39 is 0 Å². The van der Waals surface area contributed by atoms with Gasteiger partial charge in [0.1, 0.15) is 41.5 Å². The Morgan fingerprint density at radius 2 is 1.82 bits per heavy atom. The van der Waals surface area contributed by atoms with Crippen molar-refractivity contribution in [1.82, 2.24) is 40.1 Å². The normalized spacial score (nSPS) is 16.7. The van der Waals surface area contributed by atoms with E-state index in [9.17, 15) is 5.26 Å². The van der Waals surface area contributed by atoms with Gasteiger partial charge >= 0.3 is 0 Å². The molecule has 3 aromatic heterocycles. The first-order valence-corrected chi connectivity index (χ1v) is 14.7. The molecular weight excluding hydrogens is 562 g/mol. The first-order chi connectivity index (χ1) is 21.6. The highest BCUT2D eigenvalue weighted by Gasteiger charge is 2.26. The van der Waals surface area contributed by atoms with Gasteiger partial charge < -0.3 is 24.4 Å². The summed E-state index contributed by atoms with van der Waals surface area (Å²) in [5.74, 6) is 2.44. The summed E-state index contributed by atoms with van der Waals surface area (Å²) in [5, 5.41) is 24.0. The minimum atomic E-state index is -0.263. The van der Waals surface area contributed by atoms with Crippen LogP contribution in [0.5, 0.6) is 11.5 Å². The van der Waals surface area contributed by atoms with Crippen molar-refractivity contribution in [1.29, 1.82) is 5.26 Å². The fourth-order valence-corrected chi connectivity index (χ4v) is 5.60. The average molecular weight is 598 g/mol. The molecule has 1 atom stereocenters. The van der Waals surface area contributed by atoms with Crippen LogP contribution in [-0.4, -0.2) is 98.7 Å². The molecule has 1 aromatic carbocycles. The lowest BCUT2D eigenvalue weighted by atomic mass is 10.0. The van der Waals surface area contributed by atoms with Crippen LogP contribution in [0.4, 0.5) is 17.5 Å². The van der Waals surface area contributed by atoms with Crippen LogP contribution < -0.4 is 19.7 Å². The van der Waals surface area contributed by atoms with Gasteiger partial charge in [0, 0.05) is 56.2 Å². The molecule has 0 aliphatic carbocycles. The zero-order chi connectivity index (χ0) is 30.3. The monoisotopic (exact) mass is 597 g/mol. The number of nitrogens with one attached hydrogen (secondary N) is 1. The van der Waals surface area contributed by atoms with Crippen LogP contribution in [0.25, 0.3) is 11.1 Å². The van der Waals surface area contributed by atoms with Crippen molar-refractivity contribution < 1.29 is 14.2 Å². The minimum Gasteiger partial charge on any atom is -0.494 e. The standard InChI is InChI=1S/C30H35N11O3/c1-21(19-41-20-35-37-38-41)44-27-13-22(3-4-23(27)15-31)24-16-33-30(34-17-24)36-26-18-32-29(14-28(26)42-2)40-7-5-25(6-8-40)39-9-11-43-12-10-39/h3-4,13-14,16-18,20-21,25H,5-12,19H2,1-2H3,(H,33,34,36). The Morgan fingerprint density at radius 3 is 2.52 bits per heavy atom. The van der Waals surface area contributed by atoms with Gasteiger partial charge in [0.15, 0.2) is 0 Å². The maximum Gasteiger partial charge on any atom is 0.227 e. The molecule has 44 heavy (non-hydrogen) atoms.